The Hall–Kier alpha value is -0.670. The Morgan fingerprint density at radius 3 is 2.47 bits per heavy atom. The monoisotopic (exact) mass is 279 g/mol. The quantitative estimate of drug-likeness (QED) is 0.917. The molecule has 0 fully saturated rings. The molecule has 1 N–H and O–H groups in total. The molecule has 0 aliphatic carbocycles. The standard InChI is InChI=1S/C16H25NOS/c1-6-7-17-16-12(4)13(5)19(18)15-9-11(3)10(2)8-14(15)16/h8-9,12-13,16-17H,6-7H2,1-5H3. The molecule has 0 saturated carbocycles. The van der Waals surface area contributed by atoms with Gasteiger partial charge in [-0.05, 0) is 55.5 Å². The Bertz CT molecular complexity index is 498. The van der Waals surface area contributed by atoms with Crippen molar-refractivity contribution in [3.8, 4) is 0 Å². The van der Waals surface area contributed by atoms with Crippen LogP contribution in [0.4, 0.5) is 0 Å². The molecule has 0 radical (unpaired) electrons. The molecule has 4 unspecified atom stereocenters. The highest BCUT2D eigenvalue weighted by Gasteiger charge is 2.36. The fourth-order valence-corrected chi connectivity index (χ4v) is 4.43. The highest BCUT2D eigenvalue weighted by Crippen LogP contribution is 2.39. The number of nitrogens with one attached hydrogen (secondary N) is 1. The van der Waals surface area contributed by atoms with Gasteiger partial charge in [-0.25, -0.2) is 0 Å². The van der Waals surface area contributed by atoms with Crippen molar-refractivity contribution in [1.82, 2.24) is 5.32 Å². The molecule has 0 bridgehead atoms. The lowest BCUT2D eigenvalue weighted by Gasteiger charge is -2.36. The summed E-state index contributed by atoms with van der Waals surface area (Å²) in [7, 11) is -0.875. The Labute approximate surface area is 119 Å². The zero-order chi connectivity index (χ0) is 14.2. The number of rotatable bonds is 3. The van der Waals surface area contributed by atoms with E-state index in [1.807, 2.05) is 0 Å². The van der Waals surface area contributed by atoms with Crippen LogP contribution in [0.5, 0.6) is 0 Å². The zero-order valence-corrected chi connectivity index (χ0v) is 13.4. The maximum atomic E-state index is 12.6. The zero-order valence-electron chi connectivity index (χ0n) is 12.6. The topological polar surface area (TPSA) is 29.1 Å². The summed E-state index contributed by atoms with van der Waals surface area (Å²) in [4.78, 5) is 1.04. The molecule has 0 amide bonds. The summed E-state index contributed by atoms with van der Waals surface area (Å²) in [6.07, 6.45) is 1.13. The minimum Gasteiger partial charge on any atom is -0.310 e. The normalized spacial score (nSPS) is 30.2. The molecule has 2 nitrogen and oxygen atoms in total. The van der Waals surface area contributed by atoms with Gasteiger partial charge in [-0.15, -0.1) is 0 Å². The number of hydrogen-bond donors (Lipinski definition) is 1. The second-order valence-electron chi connectivity index (χ2n) is 5.77. The van der Waals surface area contributed by atoms with E-state index in [1.54, 1.807) is 0 Å². The van der Waals surface area contributed by atoms with Crippen molar-refractivity contribution in [2.45, 2.75) is 57.2 Å². The minimum atomic E-state index is -0.875. The molecule has 19 heavy (non-hydrogen) atoms. The second kappa shape index (κ2) is 5.76. The third-order valence-corrected chi connectivity index (χ3v) is 6.29. The molecule has 106 valence electrons. The van der Waals surface area contributed by atoms with Crippen LogP contribution < -0.4 is 5.32 Å². The molecule has 4 atom stereocenters. The summed E-state index contributed by atoms with van der Waals surface area (Å²) in [5.74, 6) is 0.405. The van der Waals surface area contributed by atoms with E-state index >= 15 is 0 Å². The van der Waals surface area contributed by atoms with Gasteiger partial charge in [-0.3, -0.25) is 4.21 Å². The van der Waals surface area contributed by atoms with E-state index in [0.29, 0.717) is 12.0 Å². The maximum absolute atomic E-state index is 12.6. The third kappa shape index (κ3) is 2.63. The van der Waals surface area contributed by atoms with Crippen LogP contribution in [0, 0.1) is 19.8 Å². The Kier molecular flexibility index (Phi) is 4.46. The van der Waals surface area contributed by atoms with Gasteiger partial charge in [0.2, 0.25) is 0 Å². The largest absolute Gasteiger partial charge is 0.310 e. The molecule has 1 heterocycles. The predicted octanol–water partition coefficient (Wildman–Crippen LogP) is 3.49. The molecule has 0 saturated heterocycles. The van der Waals surface area contributed by atoms with Crippen LogP contribution in [-0.2, 0) is 10.8 Å². The van der Waals surface area contributed by atoms with Gasteiger partial charge < -0.3 is 5.32 Å². The smallest absolute Gasteiger partial charge is 0.0564 e. The van der Waals surface area contributed by atoms with Crippen LogP contribution in [0.3, 0.4) is 0 Å². The van der Waals surface area contributed by atoms with Crippen molar-refractivity contribution < 1.29 is 4.21 Å². The van der Waals surface area contributed by atoms with Crippen LogP contribution in [0.15, 0.2) is 17.0 Å². The van der Waals surface area contributed by atoms with Gasteiger partial charge in [0, 0.05) is 16.2 Å². The number of hydrogen-bond acceptors (Lipinski definition) is 2. The van der Waals surface area contributed by atoms with E-state index < -0.39 is 10.8 Å². The van der Waals surface area contributed by atoms with Gasteiger partial charge in [0.1, 0.15) is 0 Å². The summed E-state index contributed by atoms with van der Waals surface area (Å²) >= 11 is 0. The van der Waals surface area contributed by atoms with Gasteiger partial charge in [0.05, 0.1) is 10.8 Å². The Morgan fingerprint density at radius 2 is 1.84 bits per heavy atom. The van der Waals surface area contributed by atoms with Crippen molar-refractivity contribution in [3.63, 3.8) is 0 Å². The maximum Gasteiger partial charge on any atom is 0.0564 e. The van der Waals surface area contributed by atoms with Gasteiger partial charge in [0.15, 0.2) is 0 Å². The van der Waals surface area contributed by atoms with Crippen molar-refractivity contribution in [1.29, 1.82) is 0 Å². The van der Waals surface area contributed by atoms with E-state index in [9.17, 15) is 4.21 Å². The van der Waals surface area contributed by atoms with Crippen LogP contribution in [-0.4, -0.2) is 16.0 Å². The first-order valence-corrected chi connectivity index (χ1v) is 8.43. The summed E-state index contributed by atoms with van der Waals surface area (Å²) in [5.41, 5.74) is 3.78. The lowest BCUT2D eigenvalue weighted by Crippen LogP contribution is -2.39. The molecule has 1 aromatic carbocycles. The van der Waals surface area contributed by atoms with E-state index in [1.165, 1.54) is 16.7 Å². The van der Waals surface area contributed by atoms with Crippen molar-refractivity contribution in [2.75, 3.05) is 6.54 Å². The van der Waals surface area contributed by atoms with Crippen molar-refractivity contribution in [2.24, 2.45) is 5.92 Å². The molecule has 1 aliphatic heterocycles. The van der Waals surface area contributed by atoms with Gasteiger partial charge >= 0.3 is 0 Å². The van der Waals surface area contributed by atoms with Gasteiger partial charge in [-0.1, -0.05) is 26.8 Å². The molecule has 0 aromatic heterocycles. The highest BCUT2D eigenvalue weighted by molar-refractivity contribution is 7.85. The molecule has 1 aromatic rings. The average molecular weight is 279 g/mol. The second-order valence-corrected chi connectivity index (χ2v) is 7.55. The Balaban J connectivity index is 2.50. The number of benzene rings is 1. The van der Waals surface area contributed by atoms with E-state index in [0.717, 1.165) is 17.9 Å². The fraction of sp³-hybridized carbons (Fsp3) is 0.625. The molecule has 0 spiro atoms. The fourth-order valence-electron chi connectivity index (χ4n) is 2.77. The minimum absolute atomic E-state index is 0.212. The number of fused-ring (bicyclic) bond motifs is 1. The molecule has 3 heteroatoms. The molecule has 2 rings (SSSR count). The summed E-state index contributed by atoms with van der Waals surface area (Å²) < 4.78 is 12.6. The highest BCUT2D eigenvalue weighted by atomic mass is 32.2. The lowest BCUT2D eigenvalue weighted by molar-refractivity contribution is 0.367. The summed E-state index contributed by atoms with van der Waals surface area (Å²) in [6.45, 7) is 11.8. The van der Waals surface area contributed by atoms with Crippen LogP contribution >= 0.6 is 0 Å². The van der Waals surface area contributed by atoms with E-state index in [-0.39, 0.29) is 5.25 Å². The van der Waals surface area contributed by atoms with Crippen LogP contribution in [0.25, 0.3) is 0 Å². The number of aryl methyl sites for hydroxylation is 2. The molecular formula is C16H25NOS. The first kappa shape index (κ1) is 14.7. The predicted molar refractivity (Wildman–Crippen MR) is 82.0 cm³/mol. The van der Waals surface area contributed by atoms with Crippen molar-refractivity contribution in [3.05, 3.63) is 28.8 Å². The summed E-state index contributed by atoms with van der Waals surface area (Å²) in [6, 6.07) is 4.70. The van der Waals surface area contributed by atoms with Crippen molar-refractivity contribution >= 4 is 10.8 Å². The first-order valence-electron chi connectivity index (χ1n) is 7.22. The molecule has 1 aliphatic rings. The Morgan fingerprint density at radius 1 is 1.21 bits per heavy atom. The van der Waals surface area contributed by atoms with E-state index in [4.69, 9.17) is 0 Å². The molecular weight excluding hydrogens is 254 g/mol. The lowest BCUT2D eigenvalue weighted by atomic mass is 9.89. The van der Waals surface area contributed by atoms with Gasteiger partial charge in [0.25, 0.3) is 0 Å². The van der Waals surface area contributed by atoms with Crippen LogP contribution in [0.2, 0.25) is 0 Å². The first-order chi connectivity index (χ1) is 8.97. The van der Waals surface area contributed by atoms with E-state index in [2.05, 4.69) is 52.1 Å². The van der Waals surface area contributed by atoms with Gasteiger partial charge in [-0.2, -0.15) is 0 Å². The summed E-state index contributed by atoms with van der Waals surface area (Å²) in [5, 5.41) is 3.85. The third-order valence-electron chi connectivity index (χ3n) is 4.40. The average Bonchev–Trinajstić information content (AvgIpc) is 2.39. The SMILES string of the molecule is CCCNC1c2cc(C)c(C)cc2S(=O)C(C)C1C. The van der Waals surface area contributed by atoms with Crippen LogP contribution in [0.1, 0.15) is 49.9 Å².